The van der Waals surface area contributed by atoms with Gasteiger partial charge in [0.05, 0.1) is 18.9 Å². The highest BCUT2D eigenvalue weighted by Crippen LogP contribution is 2.54. The molecular formula is C19H31N3O3. The summed E-state index contributed by atoms with van der Waals surface area (Å²) in [5.74, 6) is 1.31. The van der Waals surface area contributed by atoms with Gasteiger partial charge in [-0.15, -0.1) is 0 Å². The van der Waals surface area contributed by atoms with Crippen LogP contribution in [0.2, 0.25) is 0 Å². The molecule has 25 heavy (non-hydrogen) atoms. The molecule has 0 bridgehead atoms. The van der Waals surface area contributed by atoms with E-state index in [1.54, 1.807) is 18.4 Å². The van der Waals surface area contributed by atoms with E-state index in [0.29, 0.717) is 17.9 Å². The molecule has 2 fully saturated rings. The van der Waals surface area contributed by atoms with Crippen molar-refractivity contribution < 1.29 is 14.3 Å². The van der Waals surface area contributed by atoms with Crippen LogP contribution in [0.15, 0.2) is 27.8 Å². The molecule has 3 N–H and O–H groups in total. The molecule has 1 aromatic rings. The number of nitrogens with one attached hydrogen (secondary N) is 2. The lowest BCUT2D eigenvalue weighted by Gasteiger charge is -2.54. The monoisotopic (exact) mass is 349 g/mol. The Labute approximate surface area is 150 Å². The predicted octanol–water partition coefficient (Wildman–Crippen LogP) is 2.61. The van der Waals surface area contributed by atoms with Gasteiger partial charge in [-0.3, -0.25) is 4.99 Å². The van der Waals surface area contributed by atoms with Gasteiger partial charge in [0.2, 0.25) is 0 Å². The minimum absolute atomic E-state index is 0.256. The second-order valence-corrected chi connectivity index (χ2v) is 7.07. The van der Waals surface area contributed by atoms with Crippen molar-refractivity contribution >= 4 is 5.96 Å². The number of furan rings is 1. The minimum atomic E-state index is -0.719. The Hall–Kier alpha value is -1.53. The van der Waals surface area contributed by atoms with Gasteiger partial charge >= 0.3 is 0 Å². The first-order valence-corrected chi connectivity index (χ1v) is 9.57. The molecule has 0 amide bonds. The van der Waals surface area contributed by atoms with Crippen LogP contribution in [-0.2, 0) is 4.74 Å². The van der Waals surface area contributed by atoms with Crippen LogP contribution in [-0.4, -0.2) is 42.9 Å². The van der Waals surface area contributed by atoms with Gasteiger partial charge in [-0.25, -0.2) is 0 Å². The Bertz CT molecular complexity index is 552. The molecule has 0 saturated heterocycles. The summed E-state index contributed by atoms with van der Waals surface area (Å²) in [6, 6.07) is 3.94. The van der Waals surface area contributed by atoms with E-state index in [-0.39, 0.29) is 12.0 Å². The van der Waals surface area contributed by atoms with Crippen molar-refractivity contribution in [3.05, 3.63) is 24.2 Å². The maximum absolute atomic E-state index is 10.2. The molecule has 6 nitrogen and oxygen atoms in total. The number of rotatable bonds is 7. The molecule has 1 aromatic heterocycles. The Morgan fingerprint density at radius 1 is 1.44 bits per heavy atom. The van der Waals surface area contributed by atoms with Crippen molar-refractivity contribution in [3.63, 3.8) is 0 Å². The maximum atomic E-state index is 10.2. The Morgan fingerprint density at radius 2 is 2.24 bits per heavy atom. The zero-order chi connectivity index (χ0) is 17.7. The largest absolute Gasteiger partial charge is 0.467 e. The van der Waals surface area contributed by atoms with Gasteiger partial charge in [0.25, 0.3) is 0 Å². The first-order chi connectivity index (χ1) is 12.2. The molecule has 2 aliphatic rings. The highest BCUT2D eigenvalue weighted by molar-refractivity contribution is 5.80. The SMILES string of the molecule is CCNC(=NCC(O)c1ccco1)NC1CC(OCC)C12CCCC2. The van der Waals surface area contributed by atoms with Crippen molar-refractivity contribution in [1.82, 2.24) is 10.6 Å². The lowest BCUT2D eigenvalue weighted by molar-refractivity contribution is -0.125. The van der Waals surface area contributed by atoms with Gasteiger partial charge in [0.15, 0.2) is 5.96 Å². The van der Waals surface area contributed by atoms with E-state index in [4.69, 9.17) is 9.15 Å². The summed E-state index contributed by atoms with van der Waals surface area (Å²) in [6.07, 6.45) is 7.27. The van der Waals surface area contributed by atoms with Gasteiger partial charge < -0.3 is 24.9 Å². The second-order valence-electron chi connectivity index (χ2n) is 7.07. The smallest absolute Gasteiger partial charge is 0.191 e. The quantitative estimate of drug-likeness (QED) is 0.521. The number of aliphatic hydroxyl groups is 1. The van der Waals surface area contributed by atoms with Crippen LogP contribution < -0.4 is 10.6 Å². The van der Waals surface area contributed by atoms with Crippen molar-refractivity contribution in [2.75, 3.05) is 19.7 Å². The average molecular weight is 349 g/mol. The Kier molecular flexibility index (Phi) is 6.02. The molecule has 0 radical (unpaired) electrons. The fraction of sp³-hybridized carbons (Fsp3) is 0.737. The molecule has 1 spiro atoms. The van der Waals surface area contributed by atoms with E-state index in [2.05, 4.69) is 29.5 Å². The molecular weight excluding hydrogens is 318 g/mol. The number of ether oxygens (including phenoxy) is 1. The number of hydrogen-bond donors (Lipinski definition) is 3. The first kappa shape index (κ1) is 18.3. The van der Waals surface area contributed by atoms with Crippen molar-refractivity contribution in [2.24, 2.45) is 10.4 Å². The van der Waals surface area contributed by atoms with Crippen molar-refractivity contribution in [1.29, 1.82) is 0 Å². The summed E-state index contributed by atoms with van der Waals surface area (Å²) in [5, 5.41) is 17.1. The molecule has 2 aliphatic carbocycles. The van der Waals surface area contributed by atoms with Gasteiger partial charge in [-0.2, -0.15) is 0 Å². The first-order valence-electron chi connectivity index (χ1n) is 9.57. The topological polar surface area (TPSA) is 79.0 Å². The van der Waals surface area contributed by atoms with Crippen molar-refractivity contribution in [2.45, 2.75) is 64.2 Å². The summed E-state index contributed by atoms with van der Waals surface area (Å²) in [4.78, 5) is 4.56. The molecule has 0 aromatic carbocycles. The third-order valence-corrected chi connectivity index (χ3v) is 5.64. The number of aliphatic imine (C=N–C) groups is 1. The summed E-state index contributed by atoms with van der Waals surface area (Å²) in [7, 11) is 0. The molecule has 3 unspecified atom stereocenters. The summed E-state index contributed by atoms with van der Waals surface area (Å²) < 4.78 is 11.2. The van der Waals surface area contributed by atoms with Crippen LogP contribution in [0, 0.1) is 5.41 Å². The third-order valence-electron chi connectivity index (χ3n) is 5.64. The Balaban J connectivity index is 1.62. The molecule has 3 atom stereocenters. The molecule has 3 rings (SSSR count). The van der Waals surface area contributed by atoms with Gasteiger partial charge in [0, 0.05) is 24.6 Å². The van der Waals surface area contributed by atoms with Gasteiger partial charge in [-0.1, -0.05) is 12.8 Å². The van der Waals surface area contributed by atoms with Crippen LogP contribution in [0.1, 0.15) is 57.8 Å². The highest BCUT2D eigenvalue weighted by atomic mass is 16.5. The molecule has 6 heteroatoms. The molecule has 1 heterocycles. The lowest BCUT2D eigenvalue weighted by Crippen LogP contribution is -2.65. The normalized spacial score (nSPS) is 26.4. The molecule has 2 saturated carbocycles. The van der Waals surface area contributed by atoms with Crippen LogP contribution in [0.5, 0.6) is 0 Å². The van der Waals surface area contributed by atoms with E-state index in [0.717, 1.165) is 25.5 Å². The van der Waals surface area contributed by atoms with Gasteiger partial charge in [0.1, 0.15) is 11.9 Å². The number of aliphatic hydroxyl groups excluding tert-OH is 1. The van der Waals surface area contributed by atoms with Crippen LogP contribution in [0.25, 0.3) is 0 Å². The zero-order valence-electron chi connectivity index (χ0n) is 15.3. The fourth-order valence-corrected chi connectivity index (χ4v) is 4.32. The van der Waals surface area contributed by atoms with Crippen molar-refractivity contribution in [3.8, 4) is 0 Å². The number of guanidine groups is 1. The predicted molar refractivity (Wildman–Crippen MR) is 97.5 cm³/mol. The maximum Gasteiger partial charge on any atom is 0.191 e. The fourth-order valence-electron chi connectivity index (χ4n) is 4.32. The summed E-state index contributed by atoms with van der Waals surface area (Å²) in [6.45, 7) is 5.97. The van der Waals surface area contributed by atoms with E-state index in [9.17, 15) is 5.11 Å². The van der Waals surface area contributed by atoms with Crippen LogP contribution in [0.3, 0.4) is 0 Å². The number of hydrogen-bond acceptors (Lipinski definition) is 4. The second kappa shape index (κ2) is 8.23. The van der Waals surface area contributed by atoms with Crippen LogP contribution >= 0.6 is 0 Å². The van der Waals surface area contributed by atoms with E-state index in [1.807, 2.05) is 0 Å². The highest BCUT2D eigenvalue weighted by Gasteiger charge is 2.56. The summed E-state index contributed by atoms with van der Waals surface area (Å²) in [5.41, 5.74) is 0.256. The Morgan fingerprint density at radius 3 is 2.88 bits per heavy atom. The zero-order valence-corrected chi connectivity index (χ0v) is 15.3. The number of nitrogens with zero attached hydrogens (tertiary/aromatic N) is 1. The van der Waals surface area contributed by atoms with E-state index in [1.165, 1.54) is 25.7 Å². The summed E-state index contributed by atoms with van der Waals surface area (Å²) >= 11 is 0. The molecule has 0 aliphatic heterocycles. The van der Waals surface area contributed by atoms with E-state index >= 15 is 0 Å². The van der Waals surface area contributed by atoms with Crippen LogP contribution in [0.4, 0.5) is 0 Å². The standard InChI is InChI=1S/C19H31N3O3/c1-3-20-18(21-13-14(23)15-8-7-11-25-15)22-16-12-17(24-4-2)19(16)9-5-6-10-19/h7-8,11,14,16-17,23H,3-6,9-10,12-13H2,1-2H3,(H2,20,21,22). The molecule has 140 valence electrons. The van der Waals surface area contributed by atoms with Gasteiger partial charge in [-0.05, 0) is 45.2 Å². The lowest BCUT2D eigenvalue weighted by atomic mass is 9.60. The van der Waals surface area contributed by atoms with E-state index < -0.39 is 6.10 Å². The average Bonchev–Trinajstić information content (AvgIpc) is 3.31. The third kappa shape index (κ3) is 3.85. The minimum Gasteiger partial charge on any atom is -0.467 e.